The van der Waals surface area contributed by atoms with Gasteiger partial charge in [-0.1, -0.05) is 29.5 Å². The van der Waals surface area contributed by atoms with Crippen molar-refractivity contribution >= 4 is 34.5 Å². The lowest BCUT2D eigenvalue weighted by atomic mass is 10.1. The van der Waals surface area contributed by atoms with Gasteiger partial charge in [0.15, 0.2) is 10.8 Å². The van der Waals surface area contributed by atoms with E-state index in [0.717, 1.165) is 22.3 Å². The molecule has 0 radical (unpaired) electrons. The molecule has 1 amide bonds. The number of aryl methyl sites for hydroxylation is 3. The summed E-state index contributed by atoms with van der Waals surface area (Å²) in [6, 6.07) is 7.92. The number of imidazole rings is 1. The van der Waals surface area contributed by atoms with Gasteiger partial charge in [0.2, 0.25) is 5.91 Å². The highest BCUT2D eigenvalue weighted by atomic mass is 32.2. The van der Waals surface area contributed by atoms with Gasteiger partial charge in [-0.05, 0) is 51.0 Å². The van der Waals surface area contributed by atoms with Crippen LogP contribution in [0.2, 0.25) is 0 Å². The lowest BCUT2D eigenvalue weighted by Gasteiger charge is -2.15. The Morgan fingerprint density at radius 2 is 1.96 bits per heavy atom. The molecule has 5 nitrogen and oxygen atoms in total. The molecule has 124 valence electrons. The van der Waals surface area contributed by atoms with E-state index in [-0.39, 0.29) is 11.2 Å². The van der Waals surface area contributed by atoms with Crippen molar-refractivity contribution in [3.63, 3.8) is 0 Å². The van der Waals surface area contributed by atoms with Crippen LogP contribution in [-0.4, -0.2) is 26.1 Å². The maximum absolute atomic E-state index is 12.5. The summed E-state index contributed by atoms with van der Waals surface area (Å²) in [5, 5.41) is 3.47. The zero-order valence-corrected chi connectivity index (χ0v) is 15.0. The van der Waals surface area contributed by atoms with E-state index in [9.17, 15) is 4.79 Å². The number of hydrogen-bond donors (Lipinski definition) is 2. The van der Waals surface area contributed by atoms with Crippen LogP contribution < -0.4 is 5.32 Å². The van der Waals surface area contributed by atoms with Crippen LogP contribution in [0.3, 0.4) is 0 Å². The second-order valence-corrected chi connectivity index (χ2v) is 7.27. The predicted molar refractivity (Wildman–Crippen MR) is 98.5 cm³/mol. The molecule has 0 aliphatic carbocycles. The van der Waals surface area contributed by atoms with E-state index in [1.165, 1.54) is 17.3 Å². The Morgan fingerprint density at radius 3 is 2.62 bits per heavy atom. The number of amides is 1. The van der Waals surface area contributed by atoms with Crippen LogP contribution in [0.25, 0.3) is 11.2 Å². The van der Waals surface area contributed by atoms with Gasteiger partial charge in [-0.3, -0.25) is 4.79 Å². The number of benzene rings is 1. The number of thioether (sulfide) groups is 1. The smallest absolute Gasteiger partial charge is 0.237 e. The van der Waals surface area contributed by atoms with Crippen molar-refractivity contribution in [3.05, 3.63) is 47.2 Å². The Morgan fingerprint density at radius 1 is 1.25 bits per heavy atom. The molecule has 6 heteroatoms. The number of anilines is 1. The van der Waals surface area contributed by atoms with E-state index < -0.39 is 0 Å². The molecule has 3 aromatic rings. The van der Waals surface area contributed by atoms with Crippen molar-refractivity contribution < 1.29 is 4.79 Å². The summed E-state index contributed by atoms with van der Waals surface area (Å²) in [4.78, 5) is 24.3. The van der Waals surface area contributed by atoms with Gasteiger partial charge >= 0.3 is 0 Å². The van der Waals surface area contributed by atoms with Crippen molar-refractivity contribution in [2.75, 3.05) is 5.32 Å². The van der Waals surface area contributed by atoms with Crippen LogP contribution in [0.5, 0.6) is 0 Å². The minimum atomic E-state index is -0.273. The lowest BCUT2D eigenvalue weighted by Crippen LogP contribution is -2.23. The molecule has 0 aliphatic rings. The molecule has 2 N–H and O–H groups in total. The third-order valence-electron chi connectivity index (χ3n) is 3.82. The summed E-state index contributed by atoms with van der Waals surface area (Å²) >= 11 is 1.39. The van der Waals surface area contributed by atoms with E-state index in [4.69, 9.17) is 0 Å². The highest BCUT2D eigenvalue weighted by molar-refractivity contribution is 8.00. The van der Waals surface area contributed by atoms with Crippen LogP contribution >= 0.6 is 11.8 Å². The zero-order valence-electron chi connectivity index (χ0n) is 14.2. The molecule has 0 aliphatic heterocycles. The topological polar surface area (TPSA) is 70.7 Å². The van der Waals surface area contributed by atoms with Crippen LogP contribution in [0.1, 0.15) is 23.6 Å². The molecule has 1 aromatic carbocycles. The second kappa shape index (κ2) is 6.65. The Kier molecular flexibility index (Phi) is 4.57. The van der Waals surface area contributed by atoms with Crippen molar-refractivity contribution in [1.29, 1.82) is 0 Å². The average Bonchev–Trinajstić information content (AvgIpc) is 2.92. The molecule has 0 saturated carbocycles. The standard InChI is InChI=1S/C18H20N4OS/c1-10-8-11(2)15(12(3)9-10)21-17(23)13(4)24-18-20-14-6-5-7-19-16(14)22-18/h5-9,13H,1-4H3,(H,21,23)(H,19,20,22)/t13-/m1/s1. The number of hydrogen-bond acceptors (Lipinski definition) is 4. The second-order valence-electron chi connectivity index (χ2n) is 5.94. The lowest BCUT2D eigenvalue weighted by molar-refractivity contribution is -0.115. The van der Waals surface area contributed by atoms with E-state index in [0.29, 0.717) is 10.8 Å². The molecule has 1 atom stereocenters. The summed E-state index contributed by atoms with van der Waals surface area (Å²) in [5.74, 6) is -0.0385. The van der Waals surface area contributed by atoms with Crippen LogP contribution in [0.15, 0.2) is 35.6 Å². The molecule has 24 heavy (non-hydrogen) atoms. The molecular formula is C18H20N4OS. The number of carbonyl (C=O) groups is 1. The quantitative estimate of drug-likeness (QED) is 0.704. The molecule has 0 saturated heterocycles. The van der Waals surface area contributed by atoms with Gasteiger partial charge in [0.25, 0.3) is 0 Å². The van der Waals surface area contributed by atoms with Crippen LogP contribution in [0, 0.1) is 20.8 Å². The van der Waals surface area contributed by atoms with E-state index in [1.807, 2.05) is 32.9 Å². The number of rotatable bonds is 4. The number of H-pyrrole nitrogens is 1. The first-order valence-corrected chi connectivity index (χ1v) is 8.68. The maximum Gasteiger partial charge on any atom is 0.237 e. The van der Waals surface area contributed by atoms with Gasteiger partial charge in [-0.2, -0.15) is 0 Å². The van der Waals surface area contributed by atoms with Gasteiger partial charge in [-0.15, -0.1) is 0 Å². The van der Waals surface area contributed by atoms with Gasteiger partial charge in [0, 0.05) is 11.9 Å². The van der Waals surface area contributed by atoms with Crippen molar-refractivity contribution in [2.24, 2.45) is 0 Å². The van der Waals surface area contributed by atoms with Gasteiger partial charge < -0.3 is 10.3 Å². The Labute approximate surface area is 145 Å². The number of nitrogens with one attached hydrogen (secondary N) is 2. The normalized spacial score (nSPS) is 12.3. The van der Waals surface area contributed by atoms with Crippen molar-refractivity contribution in [3.8, 4) is 0 Å². The molecular weight excluding hydrogens is 320 g/mol. The van der Waals surface area contributed by atoms with Gasteiger partial charge in [-0.25, -0.2) is 9.97 Å². The molecule has 0 spiro atoms. The predicted octanol–water partition coefficient (Wildman–Crippen LogP) is 4.00. The third-order valence-corrected chi connectivity index (χ3v) is 4.80. The minimum Gasteiger partial charge on any atom is -0.332 e. The molecule has 0 bridgehead atoms. The summed E-state index contributed by atoms with van der Waals surface area (Å²) in [6.45, 7) is 7.95. The van der Waals surface area contributed by atoms with Crippen molar-refractivity contribution in [2.45, 2.75) is 38.1 Å². The Hall–Kier alpha value is -2.34. The number of aromatic amines is 1. The molecule has 0 fully saturated rings. The highest BCUT2D eigenvalue weighted by Crippen LogP contribution is 2.26. The van der Waals surface area contributed by atoms with Crippen LogP contribution in [-0.2, 0) is 4.79 Å². The fourth-order valence-corrected chi connectivity index (χ4v) is 3.51. The number of fused-ring (bicyclic) bond motifs is 1. The third kappa shape index (κ3) is 3.43. The highest BCUT2D eigenvalue weighted by Gasteiger charge is 2.18. The summed E-state index contributed by atoms with van der Waals surface area (Å²) < 4.78 is 0. The van der Waals surface area contributed by atoms with Gasteiger partial charge in [0.1, 0.15) is 0 Å². The number of aromatic nitrogens is 3. The summed E-state index contributed by atoms with van der Waals surface area (Å²) in [7, 11) is 0. The Bertz CT molecular complexity index is 847. The van der Waals surface area contributed by atoms with Gasteiger partial charge in [0.05, 0.1) is 10.8 Å². The first-order valence-electron chi connectivity index (χ1n) is 7.80. The van der Waals surface area contributed by atoms with E-state index in [1.54, 1.807) is 6.20 Å². The summed E-state index contributed by atoms with van der Waals surface area (Å²) in [6.07, 6.45) is 1.71. The molecule has 2 aromatic heterocycles. The molecule has 2 heterocycles. The maximum atomic E-state index is 12.5. The Balaban J connectivity index is 1.73. The fourth-order valence-electron chi connectivity index (χ4n) is 2.70. The molecule has 3 rings (SSSR count). The first kappa shape index (κ1) is 16.5. The summed E-state index contributed by atoms with van der Waals surface area (Å²) in [5.41, 5.74) is 5.78. The van der Waals surface area contributed by atoms with E-state index in [2.05, 4.69) is 39.3 Å². The number of pyridine rings is 1. The molecule has 0 unspecified atom stereocenters. The SMILES string of the molecule is Cc1cc(C)c(NC(=O)[C@@H](C)Sc2nc3ncccc3[nH]2)c(C)c1. The van der Waals surface area contributed by atoms with E-state index >= 15 is 0 Å². The first-order chi connectivity index (χ1) is 11.4. The number of carbonyl (C=O) groups excluding carboxylic acids is 1. The fraction of sp³-hybridized carbons (Fsp3) is 0.278. The number of nitrogens with zero attached hydrogens (tertiary/aromatic N) is 2. The average molecular weight is 340 g/mol. The zero-order chi connectivity index (χ0) is 17.3. The van der Waals surface area contributed by atoms with Crippen LogP contribution in [0.4, 0.5) is 5.69 Å². The largest absolute Gasteiger partial charge is 0.332 e. The minimum absolute atomic E-state index is 0.0385. The van der Waals surface area contributed by atoms with Crippen molar-refractivity contribution in [1.82, 2.24) is 15.0 Å². The monoisotopic (exact) mass is 340 g/mol.